The lowest BCUT2D eigenvalue weighted by atomic mass is 10.2. The fourth-order valence-electron chi connectivity index (χ4n) is 2.23. The van der Waals surface area contributed by atoms with Crippen molar-refractivity contribution in [3.8, 4) is 11.3 Å². The van der Waals surface area contributed by atoms with Crippen LogP contribution in [-0.4, -0.2) is 26.8 Å². The Hall–Kier alpha value is -2.45. The second-order valence-electron chi connectivity index (χ2n) is 5.47. The minimum absolute atomic E-state index is 0.115. The van der Waals surface area contributed by atoms with Crippen LogP contribution in [0.4, 0.5) is 5.69 Å². The molecular formula is C18H15BrN4O2S. The normalized spacial score (nSPS) is 10.5. The average Bonchev–Trinajstić information content (AvgIpc) is 2.64. The Morgan fingerprint density at radius 1 is 1.19 bits per heavy atom. The minimum atomic E-state index is -0.336. The highest BCUT2D eigenvalue weighted by molar-refractivity contribution is 9.10. The number of nitrogens with zero attached hydrogens (tertiary/aromatic N) is 2. The molecule has 0 saturated carbocycles. The maximum Gasteiger partial charge on any atom is 0.278 e. The average molecular weight is 431 g/mol. The summed E-state index contributed by atoms with van der Waals surface area (Å²) in [6.45, 7) is 1.95. The van der Waals surface area contributed by atoms with Gasteiger partial charge in [-0.3, -0.25) is 14.6 Å². The maximum absolute atomic E-state index is 12.2. The third-order valence-electron chi connectivity index (χ3n) is 3.51. The van der Waals surface area contributed by atoms with Gasteiger partial charge in [0, 0.05) is 15.7 Å². The van der Waals surface area contributed by atoms with Crippen LogP contribution in [0, 0.1) is 6.92 Å². The van der Waals surface area contributed by atoms with Crippen LogP contribution in [0.3, 0.4) is 0 Å². The molecule has 0 spiro atoms. The molecule has 1 amide bonds. The Kier molecular flexibility index (Phi) is 5.85. The van der Waals surface area contributed by atoms with E-state index < -0.39 is 0 Å². The van der Waals surface area contributed by atoms with E-state index in [-0.39, 0.29) is 22.9 Å². The Bertz CT molecular complexity index is 992. The van der Waals surface area contributed by atoms with Crippen LogP contribution in [-0.2, 0) is 4.79 Å². The molecule has 26 heavy (non-hydrogen) atoms. The van der Waals surface area contributed by atoms with Crippen molar-refractivity contribution in [2.24, 2.45) is 0 Å². The Balaban J connectivity index is 1.62. The number of thioether (sulfide) groups is 1. The highest BCUT2D eigenvalue weighted by Crippen LogP contribution is 2.20. The van der Waals surface area contributed by atoms with Gasteiger partial charge < -0.3 is 5.32 Å². The number of hydrogen-bond acceptors (Lipinski definition) is 5. The highest BCUT2D eigenvalue weighted by atomic mass is 79.9. The van der Waals surface area contributed by atoms with Gasteiger partial charge in [-0.2, -0.15) is 0 Å². The smallest absolute Gasteiger partial charge is 0.278 e. The van der Waals surface area contributed by atoms with Crippen LogP contribution in [0.2, 0.25) is 0 Å². The Morgan fingerprint density at radius 3 is 2.65 bits per heavy atom. The molecule has 0 unspecified atom stereocenters. The molecule has 1 aromatic heterocycles. The molecule has 0 atom stereocenters. The first kappa shape index (κ1) is 18.3. The van der Waals surface area contributed by atoms with Gasteiger partial charge in [-0.15, -0.1) is 10.2 Å². The second-order valence-corrected chi connectivity index (χ2v) is 7.29. The Morgan fingerprint density at radius 2 is 1.96 bits per heavy atom. The number of carbonyl (C=O) groups is 1. The number of nitrogens with one attached hydrogen (secondary N) is 2. The largest absolute Gasteiger partial charge is 0.325 e. The van der Waals surface area contributed by atoms with Gasteiger partial charge in [-0.05, 0) is 30.7 Å². The van der Waals surface area contributed by atoms with Crippen molar-refractivity contribution in [2.75, 3.05) is 11.1 Å². The molecule has 8 heteroatoms. The van der Waals surface area contributed by atoms with Gasteiger partial charge in [-0.25, -0.2) is 0 Å². The van der Waals surface area contributed by atoms with Gasteiger partial charge in [0.2, 0.25) is 5.91 Å². The number of aromatic nitrogens is 3. The van der Waals surface area contributed by atoms with Gasteiger partial charge in [-0.1, -0.05) is 58.0 Å². The predicted octanol–water partition coefficient (Wildman–Crippen LogP) is 3.63. The first-order valence-corrected chi connectivity index (χ1v) is 9.52. The first-order chi connectivity index (χ1) is 12.5. The molecular weight excluding hydrogens is 416 g/mol. The highest BCUT2D eigenvalue weighted by Gasteiger charge is 2.10. The summed E-state index contributed by atoms with van der Waals surface area (Å²) in [5.74, 6) is -0.0729. The molecule has 0 aliphatic carbocycles. The van der Waals surface area contributed by atoms with E-state index in [2.05, 4.69) is 36.4 Å². The van der Waals surface area contributed by atoms with Crippen LogP contribution in [0.5, 0.6) is 0 Å². The molecule has 1 heterocycles. The number of aryl methyl sites for hydroxylation is 1. The zero-order chi connectivity index (χ0) is 18.5. The quantitative estimate of drug-likeness (QED) is 0.603. The zero-order valence-electron chi connectivity index (χ0n) is 13.8. The topological polar surface area (TPSA) is 87.7 Å². The number of hydrogen-bond donors (Lipinski definition) is 2. The van der Waals surface area contributed by atoms with E-state index in [0.717, 1.165) is 27.5 Å². The molecule has 3 aromatic rings. The van der Waals surface area contributed by atoms with Crippen molar-refractivity contribution in [3.63, 3.8) is 0 Å². The van der Waals surface area contributed by atoms with Gasteiger partial charge in [0.1, 0.15) is 0 Å². The summed E-state index contributed by atoms with van der Waals surface area (Å²) in [5, 5.41) is 11.1. The van der Waals surface area contributed by atoms with E-state index in [4.69, 9.17) is 0 Å². The van der Waals surface area contributed by atoms with Crippen LogP contribution < -0.4 is 10.9 Å². The van der Waals surface area contributed by atoms with E-state index in [9.17, 15) is 9.59 Å². The lowest BCUT2D eigenvalue weighted by Gasteiger charge is -2.07. The Labute approximate surface area is 162 Å². The van der Waals surface area contributed by atoms with Crippen LogP contribution >= 0.6 is 27.7 Å². The second kappa shape index (κ2) is 8.29. The summed E-state index contributed by atoms with van der Waals surface area (Å²) in [4.78, 5) is 26.9. The molecule has 0 aliphatic heterocycles. The number of H-pyrrole nitrogens is 1. The van der Waals surface area contributed by atoms with E-state index in [1.807, 2.05) is 43.3 Å². The lowest BCUT2D eigenvalue weighted by Crippen LogP contribution is -2.17. The van der Waals surface area contributed by atoms with Crippen molar-refractivity contribution in [2.45, 2.75) is 12.1 Å². The number of rotatable bonds is 5. The van der Waals surface area contributed by atoms with Crippen molar-refractivity contribution in [3.05, 3.63) is 68.9 Å². The molecule has 132 valence electrons. The molecule has 0 aliphatic rings. The van der Waals surface area contributed by atoms with Gasteiger partial charge in [0.05, 0.1) is 5.75 Å². The predicted molar refractivity (Wildman–Crippen MR) is 106 cm³/mol. The third-order valence-corrected chi connectivity index (χ3v) is 5.26. The van der Waals surface area contributed by atoms with Gasteiger partial charge >= 0.3 is 0 Å². The number of halogens is 1. The fraction of sp³-hybridized carbons (Fsp3) is 0.111. The summed E-state index contributed by atoms with van der Waals surface area (Å²) in [5.41, 5.74) is 2.36. The molecule has 3 rings (SSSR count). The summed E-state index contributed by atoms with van der Waals surface area (Å²) in [6.07, 6.45) is 0. The number of amides is 1. The van der Waals surface area contributed by atoms with Gasteiger partial charge in [0.15, 0.2) is 10.9 Å². The van der Waals surface area contributed by atoms with Crippen molar-refractivity contribution in [1.29, 1.82) is 0 Å². The third kappa shape index (κ3) is 4.59. The summed E-state index contributed by atoms with van der Waals surface area (Å²) >= 11 is 4.54. The van der Waals surface area contributed by atoms with Gasteiger partial charge in [0.25, 0.3) is 5.56 Å². The molecule has 0 saturated heterocycles. The summed E-state index contributed by atoms with van der Waals surface area (Å²) in [7, 11) is 0. The molecule has 2 N–H and O–H groups in total. The first-order valence-electron chi connectivity index (χ1n) is 7.74. The van der Waals surface area contributed by atoms with Crippen molar-refractivity contribution < 1.29 is 4.79 Å². The van der Waals surface area contributed by atoms with E-state index in [1.54, 1.807) is 12.1 Å². The molecule has 0 radical (unpaired) electrons. The number of carbonyl (C=O) groups excluding carboxylic acids is 1. The van der Waals surface area contributed by atoms with Crippen LogP contribution in [0.15, 0.2) is 63.0 Å². The standard InChI is InChI=1S/C18H15BrN4O2S/c1-11-9-13(7-8-14(11)19)20-15(24)10-26-18-21-17(25)16(22-23-18)12-5-3-2-4-6-12/h2-9H,10H2,1H3,(H,20,24)(H,21,23,25). The molecule has 0 fully saturated rings. The lowest BCUT2D eigenvalue weighted by molar-refractivity contribution is -0.113. The fourth-order valence-corrected chi connectivity index (χ4v) is 3.08. The monoisotopic (exact) mass is 430 g/mol. The summed E-state index contributed by atoms with van der Waals surface area (Å²) < 4.78 is 0.983. The number of anilines is 1. The van der Waals surface area contributed by atoms with Crippen LogP contribution in [0.1, 0.15) is 5.56 Å². The minimum Gasteiger partial charge on any atom is -0.325 e. The number of aromatic amines is 1. The zero-order valence-corrected chi connectivity index (χ0v) is 16.2. The van der Waals surface area contributed by atoms with E-state index in [1.165, 1.54) is 0 Å². The SMILES string of the molecule is Cc1cc(NC(=O)CSc2nnc(-c3ccccc3)c(=O)[nH]2)ccc1Br. The van der Waals surface area contributed by atoms with Crippen molar-refractivity contribution >= 4 is 39.3 Å². The molecule has 2 aromatic carbocycles. The molecule has 6 nitrogen and oxygen atoms in total. The van der Waals surface area contributed by atoms with E-state index >= 15 is 0 Å². The molecule has 0 bridgehead atoms. The van der Waals surface area contributed by atoms with E-state index in [0.29, 0.717) is 10.7 Å². The van der Waals surface area contributed by atoms with Crippen molar-refractivity contribution in [1.82, 2.24) is 15.2 Å². The maximum atomic E-state index is 12.2. The number of benzene rings is 2. The van der Waals surface area contributed by atoms with Crippen LogP contribution in [0.25, 0.3) is 11.3 Å². The summed E-state index contributed by atoms with van der Waals surface area (Å²) in [6, 6.07) is 14.7.